The Balaban J connectivity index is 4.08. The SMILES string of the molecule is CC/C=C\C/C=C\C/C=C\C/C=C\C/C=C\C/C=C\C/C=C\CCCCCCCCCCCCCCCCCCCC(=O)OC(COC(=O)CCCCCCCCCCCCC/C=C\C/C=C\C/C=C\C/C=C\C/C=C\C/C=C\C/C=C\CC)COC(OCC[N+](C)(C)C)C(=O)O. The van der Waals surface area contributed by atoms with E-state index in [0.717, 1.165) is 128 Å². The topological polar surface area (TPSA) is 108 Å². The van der Waals surface area contributed by atoms with Crippen LogP contribution in [0.5, 0.6) is 0 Å². The first-order valence-electron chi connectivity index (χ1n) is 39.3. The molecule has 1 N–H and O–H groups in total. The number of esters is 2. The smallest absolute Gasteiger partial charge is 0.361 e. The van der Waals surface area contributed by atoms with Gasteiger partial charge in [0.1, 0.15) is 13.2 Å². The molecular weight excluding hydrogens is 1200 g/mol. The van der Waals surface area contributed by atoms with E-state index in [1.165, 1.54) is 148 Å². The number of rotatable bonds is 71. The Morgan fingerprint density at radius 1 is 0.309 bits per heavy atom. The van der Waals surface area contributed by atoms with E-state index >= 15 is 0 Å². The summed E-state index contributed by atoms with van der Waals surface area (Å²) in [5, 5.41) is 9.77. The lowest BCUT2D eigenvalue weighted by atomic mass is 10.0. The van der Waals surface area contributed by atoms with Crippen LogP contribution in [0.15, 0.2) is 170 Å². The first-order chi connectivity index (χ1) is 47.6. The predicted molar refractivity (Wildman–Crippen MR) is 419 cm³/mol. The average molecular weight is 1350 g/mol. The van der Waals surface area contributed by atoms with Gasteiger partial charge >= 0.3 is 17.9 Å². The minimum Gasteiger partial charge on any atom is -0.477 e. The number of unbranched alkanes of at least 4 members (excludes halogenated alkanes) is 28. The van der Waals surface area contributed by atoms with Crippen molar-refractivity contribution in [2.75, 3.05) is 47.5 Å². The minimum atomic E-state index is -1.52. The van der Waals surface area contributed by atoms with Crippen molar-refractivity contribution >= 4 is 17.9 Å². The van der Waals surface area contributed by atoms with Gasteiger partial charge in [-0.05, 0) is 128 Å². The molecule has 0 saturated carbocycles. The van der Waals surface area contributed by atoms with Crippen LogP contribution in [0.3, 0.4) is 0 Å². The Morgan fingerprint density at radius 2 is 0.557 bits per heavy atom. The number of aliphatic carboxylic acids is 1. The van der Waals surface area contributed by atoms with E-state index < -0.39 is 24.3 Å². The molecular formula is C88H146NO8+. The van der Waals surface area contributed by atoms with E-state index in [-0.39, 0.29) is 32.2 Å². The normalized spacial score (nSPS) is 13.6. The van der Waals surface area contributed by atoms with Crippen molar-refractivity contribution in [1.29, 1.82) is 0 Å². The van der Waals surface area contributed by atoms with E-state index in [0.29, 0.717) is 23.9 Å². The number of carboxylic acids is 1. The molecule has 0 spiro atoms. The number of hydrogen-bond donors (Lipinski definition) is 1. The molecule has 0 bridgehead atoms. The molecule has 550 valence electrons. The van der Waals surface area contributed by atoms with E-state index in [4.69, 9.17) is 18.9 Å². The molecule has 9 nitrogen and oxygen atoms in total. The van der Waals surface area contributed by atoms with Crippen LogP contribution in [-0.2, 0) is 33.3 Å². The number of hydrogen-bond acceptors (Lipinski definition) is 7. The second-order valence-electron chi connectivity index (χ2n) is 26.9. The third-order valence-corrected chi connectivity index (χ3v) is 16.5. The van der Waals surface area contributed by atoms with Gasteiger partial charge in [0, 0.05) is 12.8 Å². The lowest BCUT2D eigenvalue weighted by Gasteiger charge is -2.25. The number of ether oxygens (including phenoxy) is 4. The van der Waals surface area contributed by atoms with Crippen LogP contribution in [0.2, 0.25) is 0 Å². The number of quaternary nitrogens is 1. The van der Waals surface area contributed by atoms with Gasteiger partial charge in [0.2, 0.25) is 0 Å². The highest BCUT2D eigenvalue weighted by molar-refractivity contribution is 5.71. The van der Waals surface area contributed by atoms with Crippen molar-refractivity contribution in [3.8, 4) is 0 Å². The fourth-order valence-electron chi connectivity index (χ4n) is 10.6. The summed E-state index contributed by atoms with van der Waals surface area (Å²) < 4.78 is 23.0. The summed E-state index contributed by atoms with van der Waals surface area (Å²) in [7, 11) is 5.98. The molecule has 0 aliphatic carbocycles. The van der Waals surface area contributed by atoms with E-state index in [2.05, 4.69) is 184 Å². The monoisotopic (exact) mass is 1350 g/mol. The first-order valence-corrected chi connectivity index (χ1v) is 39.3. The summed E-state index contributed by atoms with van der Waals surface area (Å²) in [6.07, 6.45) is 112. The van der Waals surface area contributed by atoms with Gasteiger partial charge in [-0.3, -0.25) is 9.59 Å². The van der Waals surface area contributed by atoms with Gasteiger partial charge in [0.05, 0.1) is 34.4 Å². The van der Waals surface area contributed by atoms with Crippen LogP contribution < -0.4 is 0 Å². The Morgan fingerprint density at radius 3 is 0.825 bits per heavy atom. The summed E-state index contributed by atoms with van der Waals surface area (Å²) in [4.78, 5) is 37.7. The predicted octanol–water partition coefficient (Wildman–Crippen LogP) is 25.4. The van der Waals surface area contributed by atoms with Gasteiger partial charge in [0.15, 0.2) is 6.10 Å². The Bertz CT molecular complexity index is 2210. The fourth-order valence-corrected chi connectivity index (χ4v) is 10.6. The third kappa shape index (κ3) is 77.9. The molecule has 2 atom stereocenters. The zero-order valence-corrected chi connectivity index (χ0v) is 62.9. The summed E-state index contributed by atoms with van der Waals surface area (Å²) in [6, 6.07) is 0. The zero-order chi connectivity index (χ0) is 70.4. The Kier molecular flexibility index (Phi) is 72.2. The molecule has 0 aromatic heterocycles. The first kappa shape index (κ1) is 91.6. The van der Waals surface area contributed by atoms with Crippen LogP contribution in [0.1, 0.15) is 309 Å². The molecule has 2 unspecified atom stereocenters. The average Bonchev–Trinajstić information content (AvgIpc) is 2.39. The maximum absolute atomic E-state index is 13.0. The highest BCUT2D eigenvalue weighted by Crippen LogP contribution is 2.17. The quantitative estimate of drug-likeness (QED) is 0.0211. The van der Waals surface area contributed by atoms with Gasteiger partial charge in [-0.2, -0.15) is 0 Å². The van der Waals surface area contributed by atoms with Crippen molar-refractivity contribution in [1.82, 2.24) is 0 Å². The van der Waals surface area contributed by atoms with Gasteiger partial charge in [0.25, 0.3) is 6.29 Å². The van der Waals surface area contributed by atoms with Crippen molar-refractivity contribution in [3.63, 3.8) is 0 Å². The maximum Gasteiger partial charge on any atom is 0.361 e. The molecule has 97 heavy (non-hydrogen) atoms. The zero-order valence-electron chi connectivity index (χ0n) is 62.9. The van der Waals surface area contributed by atoms with Gasteiger partial charge in [-0.25, -0.2) is 4.79 Å². The largest absolute Gasteiger partial charge is 0.477 e. The number of nitrogens with zero attached hydrogens (tertiary/aromatic N) is 1. The highest BCUT2D eigenvalue weighted by atomic mass is 16.7. The standard InChI is InChI=1S/C88H145NO8/c1-6-8-10-12-14-16-18-20-22-24-26-28-30-32-34-36-38-40-41-42-43-44-45-47-49-51-53-55-57-59-61-63-65-67-69-71-73-75-77-79-86(91)97-84(83-96-88(87(92)93)94-81-80-89(3,4)5)82-95-85(90)78-76-74-72-70-68-66-64-62-60-58-56-54-52-50-48-46-39-37-35-33-31-29-27-25-23-21-19-17-15-13-11-9-7-2/h8-11,14-17,20-23,26-29,32-35,38-40,42-43,46,50,52,84,88H,6-7,12-13,18-19,24-25,30-31,36-37,41,44-45,47-49,51,53-83H2,1-5H3/p+1/b10-8-,11-9-,16-14-,17-15-,22-20-,23-21-,28-26-,29-27-,34-32-,35-33-,40-38-,43-42-,46-39-,52-50-. The van der Waals surface area contributed by atoms with Crippen LogP contribution in [-0.4, -0.2) is 87.4 Å². The third-order valence-electron chi connectivity index (χ3n) is 16.5. The summed E-state index contributed by atoms with van der Waals surface area (Å²) in [6.45, 7) is 4.66. The van der Waals surface area contributed by atoms with Crippen molar-refractivity contribution in [2.24, 2.45) is 0 Å². The van der Waals surface area contributed by atoms with Crippen molar-refractivity contribution < 1.29 is 42.9 Å². The van der Waals surface area contributed by atoms with Crippen LogP contribution in [0, 0.1) is 0 Å². The van der Waals surface area contributed by atoms with Crippen LogP contribution >= 0.6 is 0 Å². The number of carbonyl (C=O) groups is 3. The van der Waals surface area contributed by atoms with Gasteiger partial charge in [-0.15, -0.1) is 0 Å². The van der Waals surface area contributed by atoms with Crippen LogP contribution in [0.25, 0.3) is 0 Å². The van der Waals surface area contributed by atoms with Crippen molar-refractivity contribution in [2.45, 2.75) is 322 Å². The Hall–Kier alpha value is -5.35. The molecule has 0 fully saturated rings. The molecule has 0 aromatic rings. The van der Waals surface area contributed by atoms with Gasteiger partial charge < -0.3 is 28.5 Å². The summed E-state index contributed by atoms with van der Waals surface area (Å²) in [5.74, 6) is -2.01. The maximum atomic E-state index is 13.0. The van der Waals surface area contributed by atoms with Crippen LogP contribution in [0.4, 0.5) is 0 Å². The second kappa shape index (κ2) is 76.4. The molecule has 0 rings (SSSR count). The summed E-state index contributed by atoms with van der Waals surface area (Å²) in [5.41, 5.74) is 0. The molecule has 0 aromatic carbocycles. The second-order valence-corrected chi connectivity index (χ2v) is 26.9. The molecule has 0 heterocycles. The molecule has 0 aliphatic heterocycles. The minimum absolute atomic E-state index is 0.181. The number of carboxylic acid groups (broad SMARTS) is 1. The van der Waals surface area contributed by atoms with E-state index in [1.807, 2.05) is 21.1 Å². The molecule has 9 heteroatoms. The number of likely N-dealkylation sites (N-methyl/N-ethyl adjacent to an activating group) is 1. The molecule has 0 aliphatic rings. The summed E-state index contributed by atoms with van der Waals surface area (Å²) >= 11 is 0. The number of carbonyl (C=O) groups excluding carboxylic acids is 2. The van der Waals surface area contributed by atoms with Gasteiger partial charge in [-0.1, -0.05) is 338 Å². The molecule has 0 saturated heterocycles. The highest BCUT2D eigenvalue weighted by Gasteiger charge is 2.25. The molecule has 0 amide bonds. The fraction of sp³-hybridized carbons (Fsp3) is 0.648. The Labute approximate surface area is 597 Å². The van der Waals surface area contributed by atoms with E-state index in [1.54, 1.807) is 0 Å². The number of allylic oxidation sites excluding steroid dienone is 28. The molecule has 0 radical (unpaired) electrons. The van der Waals surface area contributed by atoms with Crippen molar-refractivity contribution in [3.05, 3.63) is 170 Å². The lowest BCUT2D eigenvalue weighted by molar-refractivity contribution is -0.870. The van der Waals surface area contributed by atoms with E-state index in [9.17, 15) is 19.5 Å². The lowest BCUT2D eigenvalue weighted by Crippen LogP contribution is -2.40.